The molecule has 0 aliphatic rings. The lowest BCUT2D eigenvalue weighted by Gasteiger charge is -2.42. The fourth-order valence-corrected chi connectivity index (χ4v) is 2.46. The van der Waals surface area contributed by atoms with Crippen molar-refractivity contribution in [1.82, 2.24) is 0 Å². The van der Waals surface area contributed by atoms with Gasteiger partial charge in [0.05, 0.1) is 0 Å². The molecule has 0 fully saturated rings. The monoisotopic (exact) mass is 272 g/mol. The number of carboxylic acids is 1. The molecular formula is C15H28O4. The number of ether oxygens (including phenoxy) is 1. The van der Waals surface area contributed by atoms with Crippen molar-refractivity contribution in [2.45, 2.75) is 61.5 Å². The molecule has 0 aromatic rings. The first-order valence-electron chi connectivity index (χ1n) is 6.83. The summed E-state index contributed by atoms with van der Waals surface area (Å²) in [6.07, 6.45) is -0.299. The number of hydrogen-bond donors (Lipinski definition) is 1. The summed E-state index contributed by atoms with van der Waals surface area (Å²) in [6, 6.07) is 0. The summed E-state index contributed by atoms with van der Waals surface area (Å²) >= 11 is 0. The maximum absolute atomic E-state index is 12.5. The fourth-order valence-electron chi connectivity index (χ4n) is 2.46. The van der Waals surface area contributed by atoms with Crippen LogP contribution < -0.4 is 0 Å². The second-order valence-corrected chi connectivity index (χ2v) is 6.87. The highest BCUT2D eigenvalue weighted by atomic mass is 16.5. The van der Waals surface area contributed by atoms with Gasteiger partial charge in [-0.05, 0) is 24.2 Å². The summed E-state index contributed by atoms with van der Waals surface area (Å²) < 4.78 is 5.41. The van der Waals surface area contributed by atoms with Gasteiger partial charge in [0, 0.05) is 0 Å². The minimum Gasteiger partial charge on any atom is -0.480 e. The molecule has 0 aliphatic heterocycles. The van der Waals surface area contributed by atoms with Crippen LogP contribution in [0.15, 0.2) is 0 Å². The van der Waals surface area contributed by atoms with Gasteiger partial charge >= 0.3 is 11.9 Å². The van der Waals surface area contributed by atoms with Gasteiger partial charge in [-0.1, -0.05) is 48.5 Å². The van der Waals surface area contributed by atoms with Crippen molar-refractivity contribution >= 4 is 11.9 Å². The van der Waals surface area contributed by atoms with Crippen molar-refractivity contribution in [3.63, 3.8) is 0 Å². The molecule has 0 radical (unpaired) electrons. The number of carbonyl (C=O) groups excluding carboxylic acids is 1. The Hall–Kier alpha value is -1.06. The lowest BCUT2D eigenvalue weighted by molar-refractivity contribution is -0.187. The number of aliphatic carboxylic acids is 1. The minimum absolute atomic E-state index is 0.155. The summed E-state index contributed by atoms with van der Waals surface area (Å²) in [5.41, 5.74) is -2.25. The quantitative estimate of drug-likeness (QED) is 0.616. The Morgan fingerprint density at radius 2 is 1.42 bits per heavy atom. The first kappa shape index (κ1) is 17.9. The topological polar surface area (TPSA) is 63.6 Å². The van der Waals surface area contributed by atoms with E-state index >= 15 is 0 Å². The Balaban J connectivity index is 5.62. The predicted octanol–water partition coefficient (Wildman–Crippen LogP) is 3.35. The summed E-state index contributed by atoms with van der Waals surface area (Å²) in [5, 5.41) is 9.65. The molecule has 4 heteroatoms. The molecule has 0 amide bonds. The van der Waals surface area contributed by atoms with Gasteiger partial charge in [-0.15, -0.1) is 0 Å². The summed E-state index contributed by atoms with van der Waals surface area (Å²) in [6.45, 7) is 14.5. The van der Waals surface area contributed by atoms with E-state index in [0.29, 0.717) is 0 Å². The minimum atomic E-state index is -1.53. The third kappa shape index (κ3) is 3.28. The third-order valence-corrected chi connectivity index (χ3v) is 3.94. The molecule has 2 unspecified atom stereocenters. The number of carbonyl (C=O) groups is 2. The van der Waals surface area contributed by atoms with Gasteiger partial charge in [0.1, 0.15) is 6.10 Å². The van der Waals surface area contributed by atoms with Crippen LogP contribution in [0.1, 0.15) is 55.4 Å². The molecule has 4 nitrogen and oxygen atoms in total. The smallest absolute Gasteiger partial charge is 0.324 e. The number of rotatable bonds is 5. The van der Waals surface area contributed by atoms with E-state index in [-0.39, 0.29) is 17.9 Å². The van der Waals surface area contributed by atoms with Crippen LogP contribution in [-0.2, 0) is 14.3 Å². The van der Waals surface area contributed by atoms with E-state index in [0.717, 1.165) is 0 Å². The zero-order valence-corrected chi connectivity index (χ0v) is 13.4. The molecule has 0 heterocycles. The van der Waals surface area contributed by atoms with Crippen molar-refractivity contribution < 1.29 is 19.4 Å². The van der Waals surface area contributed by atoms with Crippen LogP contribution in [0.3, 0.4) is 0 Å². The van der Waals surface area contributed by atoms with Crippen molar-refractivity contribution in [2.24, 2.45) is 22.7 Å². The van der Waals surface area contributed by atoms with Gasteiger partial charge in [0.2, 0.25) is 0 Å². The van der Waals surface area contributed by atoms with Gasteiger partial charge in [-0.25, -0.2) is 0 Å². The molecule has 0 saturated carbocycles. The molecule has 0 spiro atoms. The lowest BCUT2D eigenvalue weighted by atomic mass is 9.60. The van der Waals surface area contributed by atoms with Gasteiger partial charge in [-0.3, -0.25) is 9.59 Å². The zero-order valence-electron chi connectivity index (χ0n) is 13.4. The molecule has 0 bridgehead atoms. The molecule has 0 saturated heterocycles. The van der Waals surface area contributed by atoms with E-state index < -0.39 is 22.8 Å². The molecule has 112 valence electrons. The lowest BCUT2D eigenvalue weighted by Crippen LogP contribution is -2.54. The molecule has 0 rings (SSSR count). The van der Waals surface area contributed by atoms with Gasteiger partial charge in [-0.2, -0.15) is 0 Å². The zero-order chi connectivity index (χ0) is 15.6. The van der Waals surface area contributed by atoms with Gasteiger partial charge in [0.15, 0.2) is 5.41 Å². The predicted molar refractivity (Wildman–Crippen MR) is 74.8 cm³/mol. The van der Waals surface area contributed by atoms with Crippen LogP contribution in [0.5, 0.6) is 0 Å². The molecule has 1 N–H and O–H groups in total. The SMILES string of the molecule is CC(C)C(C)OC(=O)C(C(=O)O)(C(C)C)C(C)(C)C. The molecule has 19 heavy (non-hydrogen) atoms. The van der Waals surface area contributed by atoms with Crippen molar-refractivity contribution in [3.8, 4) is 0 Å². The van der Waals surface area contributed by atoms with Crippen LogP contribution in [0.2, 0.25) is 0 Å². The Labute approximate surface area is 116 Å². The van der Waals surface area contributed by atoms with Crippen LogP contribution in [-0.4, -0.2) is 23.1 Å². The average Bonchev–Trinajstić information content (AvgIpc) is 2.13. The van der Waals surface area contributed by atoms with E-state index in [1.165, 1.54) is 0 Å². The van der Waals surface area contributed by atoms with E-state index in [4.69, 9.17) is 4.74 Å². The second kappa shape index (κ2) is 5.93. The van der Waals surface area contributed by atoms with Gasteiger partial charge in [0.25, 0.3) is 0 Å². The standard InChI is InChI=1S/C15H28O4/c1-9(2)11(5)19-13(18)15(10(3)4,12(16)17)14(6,7)8/h9-11H,1-8H3,(H,16,17). The largest absolute Gasteiger partial charge is 0.480 e. The second-order valence-electron chi connectivity index (χ2n) is 6.87. The van der Waals surface area contributed by atoms with Gasteiger partial charge < -0.3 is 9.84 Å². The van der Waals surface area contributed by atoms with E-state index in [2.05, 4.69) is 0 Å². The molecular weight excluding hydrogens is 244 g/mol. The Morgan fingerprint density at radius 1 is 1.00 bits per heavy atom. The number of esters is 1. The first-order valence-corrected chi connectivity index (χ1v) is 6.83. The van der Waals surface area contributed by atoms with E-state index in [1.807, 2.05) is 13.8 Å². The maximum atomic E-state index is 12.5. The van der Waals surface area contributed by atoms with Crippen LogP contribution in [0.4, 0.5) is 0 Å². The van der Waals surface area contributed by atoms with Crippen LogP contribution in [0.25, 0.3) is 0 Å². The molecule has 0 aliphatic carbocycles. The highest BCUT2D eigenvalue weighted by molar-refractivity contribution is 6.00. The van der Waals surface area contributed by atoms with Crippen LogP contribution >= 0.6 is 0 Å². The Morgan fingerprint density at radius 3 is 1.63 bits per heavy atom. The third-order valence-electron chi connectivity index (χ3n) is 3.94. The molecule has 0 aromatic carbocycles. The van der Waals surface area contributed by atoms with E-state index in [9.17, 15) is 14.7 Å². The summed E-state index contributed by atoms with van der Waals surface area (Å²) in [5.74, 6) is -1.95. The first-order chi connectivity index (χ1) is 8.38. The summed E-state index contributed by atoms with van der Waals surface area (Å²) in [4.78, 5) is 24.3. The Kier molecular flexibility index (Phi) is 5.60. The number of hydrogen-bond acceptors (Lipinski definition) is 3. The van der Waals surface area contributed by atoms with E-state index in [1.54, 1.807) is 41.5 Å². The van der Waals surface area contributed by atoms with Crippen molar-refractivity contribution in [3.05, 3.63) is 0 Å². The Bertz CT molecular complexity index is 339. The fraction of sp³-hybridized carbons (Fsp3) is 0.867. The van der Waals surface area contributed by atoms with Crippen molar-refractivity contribution in [2.75, 3.05) is 0 Å². The normalized spacial score (nSPS) is 17.2. The highest BCUT2D eigenvalue weighted by Gasteiger charge is 2.59. The molecule has 0 aromatic heterocycles. The summed E-state index contributed by atoms with van der Waals surface area (Å²) in [7, 11) is 0. The maximum Gasteiger partial charge on any atom is 0.324 e. The van der Waals surface area contributed by atoms with Crippen molar-refractivity contribution in [1.29, 1.82) is 0 Å². The number of carboxylic acid groups (broad SMARTS) is 1. The highest BCUT2D eigenvalue weighted by Crippen LogP contribution is 2.46. The average molecular weight is 272 g/mol. The molecule has 2 atom stereocenters. The van der Waals surface area contributed by atoms with Crippen LogP contribution in [0, 0.1) is 22.7 Å².